The van der Waals surface area contributed by atoms with Gasteiger partial charge in [0.1, 0.15) is 5.54 Å². The topological polar surface area (TPSA) is 156 Å². The molecule has 39 heavy (non-hydrogen) atoms. The molecular formula is C26H39N5O7S. The highest BCUT2D eigenvalue weighted by molar-refractivity contribution is 7.88. The van der Waals surface area contributed by atoms with Gasteiger partial charge in [-0.25, -0.2) is 18.7 Å². The third-order valence-electron chi connectivity index (χ3n) is 6.78. The van der Waals surface area contributed by atoms with Crippen LogP contribution < -0.4 is 10.9 Å². The molecule has 12 nitrogen and oxygen atoms in total. The Bertz CT molecular complexity index is 1180. The van der Waals surface area contributed by atoms with E-state index in [1.807, 2.05) is 44.2 Å². The van der Waals surface area contributed by atoms with Crippen molar-refractivity contribution >= 4 is 39.9 Å². The summed E-state index contributed by atoms with van der Waals surface area (Å²) in [4.78, 5) is 53.5. The highest BCUT2D eigenvalue weighted by Crippen LogP contribution is 2.27. The number of carbonyl (C=O) groups is 4. The summed E-state index contributed by atoms with van der Waals surface area (Å²) < 4.78 is 25.8. The number of nitrogens with zero attached hydrogens (tertiary/aromatic N) is 3. The first-order valence-corrected chi connectivity index (χ1v) is 14.5. The van der Waals surface area contributed by atoms with Crippen LogP contribution in [0.1, 0.15) is 46.1 Å². The van der Waals surface area contributed by atoms with Crippen molar-refractivity contribution in [2.75, 3.05) is 26.4 Å². The van der Waals surface area contributed by atoms with Gasteiger partial charge in [-0.2, -0.15) is 0 Å². The van der Waals surface area contributed by atoms with Crippen molar-refractivity contribution in [3.05, 3.63) is 42.0 Å². The Hall–Kier alpha value is -3.29. The number of hydroxylamine groups is 1. The van der Waals surface area contributed by atoms with E-state index in [0.717, 1.165) is 16.7 Å². The van der Waals surface area contributed by atoms with Gasteiger partial charge in [0.05, 0.1) is 24.6 Å². The fraction of sp³-hybridized carbons (Fsp3) is 0.538. The minimum Gasteiger partial charge on any atom is -0.313 e. The number of hydrazine groups is 1. The Balaban J connectivity index is 2.26. The Morgan fingerprint density at radius 1 is 1.10 bits per heavy atom. The molecule has 1 saturated heterocycles. The van der Waals surface area contributed by atoms with E-state index >= 15 is 0 Å². The number of imide groups is 1. The minimum absolute atomic E-state index is 0.0443. The lowest BCUT2D eigenvalue weighted by Gasteiger charge is -2.29. The van der Waals surface area contributed by atoms with Crippen LogP contribution in [0, 0.1) is 17.8 Å². The molecule has 1 fully saturated rings. The number of rotatable bonds is 13. The fourth-order valence-corrected chi connectivity index (χ4v) is 4.96. The molecule has 1 aromatic carbocycles. The summed E-state index contributed by atoms with van der Waals surface area (Å²) in [5.41, 5.74) is 3.79. The normalized spacial score (nSPS) is 17.3. The molecule has 0 saturated carbocycles. The monoisotopic (exact) mass is 565 g/mol. The molecule has 2 atom stereocenters. The molecule has 0 unspecified atom stereocenters. The van der Waals surface area contributed by atoms with Gasteiger partial charge >= 0.3 is 6.03 Å². The SMILES string of the molecule is CC(C)C[C@@H](C(=O)NN(CCN1C(=O)N(C)C(C)(C)C1=O)S(C)(=O)=O)[C@H](CC=Cc1ccccc1)C(=O)NO. The standard InChI is InChI=1S/C26H39N5O7S/c1-18(2)17-21(20(23(33)28-36)14-10-13-19-11-8-7-9-12-19)22(32)27-31(39(6,37)38)16-15-30-24(34)26(3,4)29(5)25(30)35/h7-13,18,20-21,36H,14-17H2,1-6H3,(H,27,32)(H,28,33)/t20-,21+/m0/s1. The zero-order valence-corrected chi connectivity index (χ0v) is 24.1. The number of hydrogen-bond donors (Lipinski definition) is 3. The largest absolute Gasteiger partial charge is 0.327 e. The fourth-order valence-electron chi connectivity index (χ4n) is 4.29. The second-order valence-electron chi connectivity index (χ2n) is 10.5. The molecular weight excluding hydrogens is 526 g/mol. The van der Waals surface area contributed by atoms with E-state index < -0.39 is 51.2 Å². The molecule has 0 bridgehead atoms. The first-order valence-electron chi connectivity index (χ1n) is 12.6. The Kier molecular flexibility index (Phi) is 10.8. The van der Waals surface area contributed by atoms with Gasteiger partial charge in [0, 0.05) is 13.6 Å². The second-order valence-corrected chi connectivity index (χ2v) is 12.4. The highest BCUT2D eigenvalue weighted by Gasteiger charge is 2.49. The van der Waals surface area contributed by atoms with E-state index in [-0.39, 0.29) is 31.8 Å². The van der Waals surface area contributed by atoms with Crippen molar-refractivity contribution in [2.45, 2.75) is 46.1 Å². The number of allylic oxidation sites excluding steroid dienone is 1. The maximum atomic E-state index is 13.5. The number of benzene rings is 1. The van der Waals surface area contributed by atoms with Crippen LogP contribution in [0.2, 0.25) is 0 Å². The summed E-state index contributed by atoms with van der Waals surface area (Å²) in [6, 6.07) is 8.74. The molecule has 3 N–H and O–H groups in total. The van der Waals surface area contributed by atoms with Crippen LogP contribution in [0.25, 0.3) is 6.08 Å². The third kappa shape index (κ3) is 8.10. The van der Waals surface area contributed by atoms with Gasteiger partial charge in [-0.05, 0) is 38.2 Å². The molecule has 1 heterocycles. The van der Waals surface area contributed by atoms with Crippen molar-refractivity contribution in [1.82, 2.24) is 25.1 Å². The Labute approximate surface area is 230 Å². The summed E-state index contributed by atoms with van der Waals surface area (Å²) in [6.07, 6.45) is 4.71. The van der Waals surface area contributed by atoms with Crippen LogP contribution in [-0.4, -0.2) is 83.5 Å². The number of hydrogen-bond acceptors (Lipinski definition) is 7. The van der Waals surface area contributed by atoms with E-state index in [0.29, 0.717) is 4.41 Å². The number of likely N-dealkylation sites (N-methyl/N-ethyl adjacent to an activating group) is 1. The summed E-state index contributed by atoms with van der Waals surface area (Å²) >= 11 is 0. The van der Waals surface area contributed by atoms with Crippen LogP contribution in [0.15, 0.2) is 36.4 Å². The zero-order chi connectivity index (χ0) is 29.5. The van der Waals surface area contributed by atoms with Gasteiger partial charge in [0.15, 0.2) is 0 Å². The van der Waals surface area contributed by atoms with Gasteiger partial charge < -0.3 is 4.90 Å². The van der Waals surface area contributed by atoms with Gasteiger partial charge in [-0.15, -0.1) is 4.41 Å². The van der Waals surface area contributed by atoms with E-state index in [1.165, 1.54) is 11.9 Å². The maximum absolute atomic E-state index is 13.5. The molecule has 5 amide bonds. The quantitative estimate of drug-likeness (QED) is 0.187. The first-order chi connectivity index (χ1) is 18.1. The third-order valence-corrected chi connectivity index (χ3v) is 7.86. The number of carbonyl (C=O) groups excluding carboxylic acids is 4. The molecule has 0 aliphatic carbocycles. The molecule has 13 heteroatoms. The van der Waals surface area contributed by atoms with Crippen molar-refractivity contribution < 1.29 is 32.8 Å². The van der Waals surface area contributed by atoms with Crippen LogP contribution >= 0.6 is 0 Å². The van der Waals surface area contributed by atoms with Crippen molar-refractivity contribution in [3.63, 3.8) is 0 Å². The van der Waals surface area contributed by atoms with E-state index in [2.05, 4.69) is 5.43 Å². The van der Waals surface area contributed by atoms with Crippen molar-refractivity contribution in [1.29, 1.82) is 0 Å². The number of sulfonamides is 1. The van der Waals surface area contributed by atoms with Crippen molar-refractivity contribution in [2.24, 2.45) is 17.8 Å². The second kappa shape index (κ2) is 13.2. The van der Waals surface area contributed by atoms with Crippen LogP contribution in [0.5, 0.6) is 0 Å². The summed E-state index contributed by atoms with van der Waals surface area (Å²) in [5.74, 6) is -4.06. The summed E-state index contributed by atoms with van der Waals surface area (Å²) in [6.45, 7) is 6.20. The number of amides is 5. The molecule has 1 aromatic rings. The first kappa shape index (κ1) is 31.9. The Morgan fingerprint density at radius 3 is 2.21 bits per heavy atom. The average molecular weight is 566 g/mol. The van der Waals surface area contributed by atoms with Crippen LogP contribution in [0.3, 0.4) is 0 Å². The van der Waals surface area contributed by atoms with Crippen molar-refractivity contribution in [3.8, 4) is 0 Å². The molecule has 1 aliphatic heterocycles. The molecule has 0 radical (unpaired) electrons. The zero-order valence-electron chi connectivity index (χ0n) is 23.2. The minimum atomic E-state index is -4.02. The number of nitrogens with one attached hydrogen (secondary N) is 2. The predicted octanol–water partition coefficient (Wildman–Crippen LogP) is 1.84. The summed E-state index contributed by atoms with van der Waals surface area (Å²) in [5, 5.41) is 9.38. The summed E-state index contributed by atoms with van der Waals surface area (Å²) in [7, 11) is -2.54. The van der Waals surface area contributed by atoms with Gasteiger partial charge in [0.25, 0.3) is 5.91 Å². The van der Waals surface area contributed by atoms with Crippen LogP contribution in [0.4, 0.5) is 4.79 Å². The van der Waals surface area contributed by atoms with E-state index in [9.17, 15) is 32.8 Å². The highest BCUT2D eigenvalue weighted by atomic mass is 32.2. The maximum Gasteiger partial charge on any atom is 0.327 e. The predicted molar refractivity (Wildman–Crippen MR) is 145 cm³/mol. The van der Waals surface area contributed by atoms with E-state index in [4.69, 9.17) is 0 Å². The van der Waals surface area contributed by atoms with Gasteiger partial charge in [0.2, 0.25) is 21.8 Å². The number of urea groups is 1. The molecule has 2 rings (SSSR count). The molecule has 0 spiro atoms. The van der Waals surface area contributed by atoms with Gasteiger partial charge in [-0.1, -0.05) is 56.3 Å². The Morgan fingerprint density at radius 2 is 1.72 bits per heavy atom. The average Bonchev–Trinajstić information content (AvgIpc) is 3.01. The van der Waals surface area contributed by atoms with Gasteiger partial charge in [-0.3, -0.25) is 29.9 Å². The van der Waals surface area contributed by atoms with E-state index in [1.54, 1.807) is 31.5 Å². The lowest BCUT2D eigenvalue weighted by molar-refractivity contribution is -0.142. The smallest absolute Gasteiger partial charge is 0.313 e. The lowest BCUT2D eigenvalue weighted by Crippen LogP contribution is -2.53. The molecule has 216 valence electrons. The molecule has 1 aliphatic rings. The molecule has 0 aromatic heterocycles. The lowest BCUT2D eigenvalue weighted by atomic mass is 9.82. The van der Waals surface area contributed by atoms with Crippen LogP contribution in [-0.2, 0) is 24.4 Å².